The number of alkyl halides is 3. The molecule has 0 radical (unpaired) electrons. The Morgan fingerprint density at radius 2 is 1.80 bits per heavy atom. The highest BCUT2D eigenvalue weighted by molar-refractivity contribution is 5.81. The van der Waals surface area contributed by atoms with E-state index >= 15 is 0 Å². The molecule has 0 amide bonds. The summed E-state index contributed by atoms with van der Waals surface area (Å²) in [5, 5.41) is 0. The Morgan fingerprint density at radius 3 is 2.55 bits per heavy atom. The van der Waals surface area contributed by atoms with Crippen LogP contribution >= 0.6 is 0 Å². The van der Waals surface area contributed by atoms with Crippen LogP contribution in [0.5, 0.6) is 5.75 Å². The fraction of sp³-hybridized carbons (Fsp3) is 0.0769. The number of hydrogen-bond donors (Lipinski definition) is 1. The van der Waals surface area contributed by atoms with Crippen molar-refractivity contribution in [2.45, 2.75) is 6.36 Å². The third kappa shape index (κ3) is 2.42. The van der Waals surface area contributed by atoms with Crippen LogP contribution in [0.25, 0.3) is 22.4 Å². The Bertz CT molecular complexity index is 719. The zero-order chi connectivity index (χ0) is 14.2. The Labute approximate surface area is 111 Å². The molecule has 1 aromatic carbocycles. The lowest BCUT2D eigenvalue weighted by atomic mass is 10.1. The molecular formula is C13H8F3N3O. The molecule has 0 atom stereocenters. The van der Waals surface area contributed by atoms with Crippen LogP contribution in [0.1, 0.15) is 0 Å². The van der Waals surface area contributed by atoms with Crippen LogP contribution in [0.3, 0.4) is 0 Å². The molecule has 0 aliphatic rings. The molecule has 102 valence electrons. The zero-order valence-corrected chi connectivity index (χ0v) is 9.98. The number of benzene rings is 1. The van der Waals surface area contributed by atoms with E-state index in [1.165, 1.54) is 30.6 Å². The van der Waals surface area contributed by atoms with Crippen molar-refractivity contribution in [2.24, 2.45) is 0 Å². The second-order valence-electron chi connectivity index (χ2n) is 4.02. The van der Waals surface area contributed by atoms with Crippen molar-refractivity contribution < 1.29 is 17.9 Å². The Hall–Kier alpha value is -2.57. The highest BCUT2D eigenvalue weighted by atomic mass is 19.4. The molecule has 3 rings (SSSR count). The average molecular weight is 279 g/mol. The van der Waals surface area contributed by atoms with Gasteiger partial charge in [0.2, 0.25) is 0 Å². The van der Waals surface area contributed by atoms with Crippen molar-refractivity contribution in [1.82, 2.24) is 15.0 Å². The van der Waals surface area contributed by atoms with Crippen molar-refractivity contribution >= 4 is 11.2 Å². The average Bonchev–Trinajstić information content (AvgIpc) is 2.81. The number of aromatic nitrogens is 3. The molecule has 2 heterocycles. The minimum absolute atomic E-state index is 0.272. The lowest BCUT2D eigenvalue weighted by Gasteiger charge is -2.12. The molecule has 0 saturated carbocycles. The van der Waals surface area contributed by atoms with Gasteiger partial charge in [-0.15, -0.1) is 13.2 Å². The van der Waals surface area contributed by atoms with Crippen LogP contribution in [0.4, 0.5) is 13.2 Å². The van der Waals surface area contributed by atoms with Gasteiger partial charge in [0.25, 0.3) is 0 Å². The number of nitrogens with one attached hydrogen (secondary N) is 1. The summed E-state index contributed by atoms with van der Waals surface area (Å²) in [7, 11) is 0. The summed E-state index contributed by atoms with van der Waals surface area (Å²) < 4.78 is 41.2. The number of rotatable bonds is 2. The molecule has 0 bridgehead atoms. The zero-order valence-electron chi connectivity index (χ0n) is 9.98. The summed E-state index contributed by atoms with van der Waals surface area (Å²) >= 11 is 0. The van der Waals surface area contributed by atoms with Gasteiger partial charge in [0.05, 0.1) is 5.69 Å². The quantitative estimate of drug-likeness (QED) is 0.780. The first-order valence-corrected chi connectivity index (χ1v) is 5.68. The molecule has 0 spiro atoms. The molecule has 20 heavy (non-hydrogen) atoms. The summed E-state index contributed by atoms with van der Waals surface area (Å²) in [6, 6.07) is 7.52. The van der Waals surface area contributed by atoms with Gasteiger partial charge in [0, 0.05) is 18.0 Å². The van der Waals surface area contributed by atoms with Gasteiger partial charge in [0.1, 0.15) is 11.3 Å². The number of fused-ring (bicyclic) bond motifs is 1. The molecule has 0 aliphatic carbocycles. The van der Waals surface area contributed by atoms with Gasteiger partial charge in [-0.1, -0.05) is 12.1 Å². The van der Waals surface area contributed by atoms with E-state index in [2.05, 4.69) is 19.7 Å². The van der Waals surface area contributed by atoms with E-state index < -0.39 is 6.36 Å². The topological polar surface area (TPSA) is 50.8 Å². The van der Waals surface area contributed by atoms with Gasteiger partial charge in [-0.2, -0.15) is 0 Å². The van der Waals surface area contributed by atoms with E-state index in [0.717, 1.165) is 0 Å². The highest BCUT2D eigenvalue weighted by Crippen LogP contribution is 2.33. The first-order chi connectivity index (χ1) is 9.53. The van der Waals surface area contributed by atoms with E-state index in [-0.39, 0.29) is 5.75 Å². The fourth-order valence-corrected chi connectivity index (χ4v) is 1.90. The van der Waals surface area contributed by atoms with Gasteiger partial charge in [0.15, 0.2) is 5.65 Å². The van der Waals surface area contributed by atoms with E-state index in [0.29, 0.717) is 22.4 Å². The van der Waals surface area contributed by atoms with Crippen molar-refractivity contribution in [3.05, 3.63) is 42.7 Å². The van der Waals surface area contributed by atoms with E-state index in [9.17, 15) is 13.2 Å². The Balaban J connectivity index is 2.09. The molecule has 0 unspecified atom stereocenters. The maximum atomic E-state index is 12.4. The van der Waals surface area contributed by atoms with Crippen LogP contribution in [0, 0.1) is 0 Å². The number of hydrogen-bond acceptors (Lipinski definition) is 3. The van der Waals surface area contributed by atoms with Crippen molar-refractivity contribution in [1.29, 1.82) is 0 Å². The second kappa shape index (κ2) is 4.52. The first-order valence-electron chi connectivity index (χ1n) is 5.68. The van der Waals surface area contributed by atoms with Crippen molar-refractivity contribution in [3.63, 3.8) is 0 Å². The minimum Gasteiger partial charge on any atom is -0.405 e. The SMILES string of the molecule is FC(F)(F)Oc1ccccc1-c1cc2nccnc2[nH]1. The molecule has 2 aromatic heterocycles. The molecule has 0 saturated heterocycles. The summed E-state index contributed by atoms with van der Waals surface area (Å²) in [4.78, 5) is 11.0. The number of halogens is 3. The van der Waals surface area contributed by atoms with Gasteiger partial charge in [-0.05, 0) is 18.2 Å². The standard InChI is InChI=1S/C13H8F3N3O/c14-13(15,16)20-11-4-2-1-3-8(11)9-7-10-12(19-9)18-6-5-17-10/h1-7H,(H,18,19). The first kappa shape index (κ1) is 12.5. The van der Waals surface area contributed by atoms with Crippen LogP contribution in [0.15, 0.2) is 42.7 Å². The smallest absolute Gasteiger partial charge is 0.405 e. The molecule has 7 heteroatoms. The lowest BCUT2D eigenvalue weighted by molar-refractivity contribution is -0.274. The maximum Gasteiger partial charge on any atom is 0.573 e. The van der Waals surface area contributed by atoms with Crippen LogP contribution < -0.4 is 4.74 Å². The molecule has 0 aliphatic heterocycles. The molecule has 3 aromatic rings. The van der Waals surface area contributed by atoms with Crippen molar-refractivity contribution in [3.8, 4) is 17.0 Å². The summed E-state index contributed by atoms with van der Waals surface area (Å²) in [5.74, 6) is -0.272. The van der Waals surface area contributed by atoms with Gasteiger partial charge in [-0.3, -0.25) is 4.98 Å². The van der Waals surface area contributed by atoms with E-state index in [1.54, 1.807) is 12.1 Å². The Kier molecular flexibility index (Phi) is 2.81. The molecule has 0 fully saturated rings. The van der Waals surface area contributed by atoms with Gasteiger partial charge in [-0.25, -0.2) is 4.98 Å². The summed E-state index contributed by atoms with van der Waals surface area (Å²) in [5.41, 5.74) is 1.84. The largest absolute Gasteiger partial charge is 0.573 e. The molecular weight excluding hydrogens is 271 g/mol. The van der Waals surface area contributed by atoms with E-state index in [4.69, 9.17) is 0 Å². The van der Waals surface area contributed by atoms with Crippen LogP contribution in [-0.4, -0.2) is 21.3 Å². The monoisotopic (exact) mass is 279 g/mol. The lowest BCUT2D eigenvalue weighted by Crippen LogP contribution is -2.17. The Morgan fingerprint density at radius 1 is 1.05 bits per heavy atom. The third-order valence-corrected chi connectivity index (χ3v) is 2.66. The number of H-pyrrole nitrogens is 1. The summed E-state index contributed by atoms with van der Waals surface area (Å²) in [6.07, 6.45) is -1.72. The summed E-state index contributed by atoms with van der Waals surface area (Å²) in [6.45, 7) is 0. The molecule has 4 nitrogen and oxygen atoms in total. The predicted molar refractivity (Wildman–Crippen MR) is 66.0 cm³/mol. The van der Waals surface area contributed by atoms with Crippen LogP contribution in [0.2, 0.25) is 0 Å². The highest BCUT2D eigenvalue weighted by Gasteiger charge is 2.32. The second-order valence-corrected chi connectivity index (χ2v) is 4.02. The van der Waals surface area contributed by atoms with Gasteiger partial charge >= 0.3 is 6.36 Å². The van der Waals surface area contributed by atoms with Crippen LogP contribution in [-0.2, 0) is 0 Å². The molecule has 1 N–H and O–H groups in total. The predicted octanol–water partition coefficient (Wildman–Crippen LogP) is 3.52. The fourth-order valence-electron chi connectivity index (χ4n) is 1.90. The maximum absolute atomic E-state index is 12.4. The van der Waals surface area contributed by atoms with Crippen molar-refractivity contribution in [2.75, 3.05) is 0 Å². The third-order valence-electron chi connectivity index (χ3n) is 2.66. The number of para-hydroxylation sites is 1. The van der Waals surface area contributed by atoms with E-state index in [1.807, 2.05) is 0 Å². The number of ether oxygens (including phenoxy) is 1. The number of nitrogens with zero attached hydrogens (tertiary/aromatic N) is 2. The number of aromatic amines is 1. The minimum atomic E-state index is -4.74. The normalized spacial score (nSPS) is 11.8. The van der Waals surface area contributed by atoms with Gasteiger partial charge < -0.3 is 9.72 Å².